The molecule has 0 bridgehead atoms. The van der Waals surface area contributed by atoms with Crippen molar-refractivity contribution in [2.75, 3.05) is 4.90 Å². The maximum atomic E-state index is 12.8. The first kappa shape index (κ1) is 17.7. The molecule has 0 aliphatic carbocycles. The quantitative estimate of drug-likeness (QED) is 0.548. The van der Waals surface area contributed by atoms with E-state index >= 15 is 0 Å². The molecule has 1 fully saturated rings. The summed E-state index contributed by atoms with van der Waals surface area (Å²) in [5.74, 6) is 0.663. The van der Waals surface area contributed by atoms with Gasteiger partial charge in [-0.25, -0.2) is 0 Å². The molecule has 1 amide bonds. The number of hydrogen-bond acceptors (Lipinski definition) is 4. The van der Waals surface area contributed by atoms with E-state index in [1.54, 1.807) is 4.90 Å². The van der Waals surface area contributed by atoms with Gasteiger partial charge in [0.25, 0.3) is 5.91 Å². The molecule has 3 nitrogen and oxygen atoms in total. The van der Waals surface area contributed by atoms with Gasteiger partial charge in [-0.2, -0.15) is 0 Å². The van der Waals surface area contributed by atoms with Crippen LogP contribution in [0.4, 0.5) is 5.69 Å². The van der Waals surface area contributed by atoms with Crippen molar-refractivity contribution in [2.24, 2.45) is 0 Å². The zero-order chi connectivity index (χ0) is 18.0. The third-order valence-corrected chi connectivity index (χ3v) is 4.96. The van der Waals surface area contributed by atoms with Crippen molar-refractivity contribution in [2.45, 2.75) is 26.9 Å². The van der Waals surface area contributed by atoms with Gasteiger partial charge in [0.05, 0.1) is 16.7 Å². The Kier molecular flexibility index (Phi) is 5.25. The molecule has 0 unspecified atom stereocenters. The van der Waals surface area contributed by atoms with Gasteiger partial charge >= 0.3 is 0 Å². The average Bonchev–Trinajstić information content (AvgIpc) is 2.84. The monoisotopic (exact) mass is 369 g/mol. The highest BCUT2D eigenvalue weighted by atomic mass is 32.2. The van der Waals surface area contributed by atoms with Crippen molar-refractivity contribution >= 4 is 46.0 Å². The molecule has 0 spiro atoms. The number of thiocarbonyl (C=S) groups is 1. The summed E-state index contributed by atoms with van der Waals surface area (Å²) in [4.78, 5) is 15.0. The minimum absolute atomic E-state index is 0.0663. The van der Waals surface area contributed by atoms with Crippen LogP contribution < -0.4 is 9.64 Å². The molecule has 2 aromatic carbocycles. The molecular formula is C20H19NO2S2. The summed E-state index contributed by atoms with van der Waals surface area (Å²) in [6, 6.07) is 15.5. The SMILES string of the molecule is Cc1ccc(N2C(=O)/C(=C\c3ccccc3OC(C)C)SC2=S)cc1. The number of para-hydroxylation sites is 1. The van der Waals surface area contributed by atoms with Crippen LogP contribution in [0.2, 0.25) is 0 Å². The standard InChI is InChI=1S/C20H19NO2S2/c1-13(2)23-17-7-5-4-6-15(17)12-18-19(22)21(20(24)25-18)16-10-8-14(3)9-11-16/h4-13H,1-3H3/b18-12+. The lowest BCUT2D eigenvalue weighted by molar-refractivity contribution is -0.113. The number of amides is 1. The number of ether oxygens (including phenoxy) is 1. The molecule has 2 aromatic rings. The summed E-state index contributed by atoms with van der Waals surface area (Å²) in [5, 5.41) is 0. The summed E-state index contributed by atoms with van der Waals surface area (Å²) in [5.41, 5.74) is 2.81. The molecule has 1 heterocycles. The van der Waals surface area contributed by atoms with Crippen LogP contribution in [0.25, 0.3) is 6.08 Å². The Bertz CT molecular complexity index is 841. The Labute approximate surface area is 157 Å². The predicted molar refractivity (Wildman–Crippen MR) is 109 cm³/mol. The molecule has 1 aliphatic rings. The summed E-state index contributed by atoms with van der Waals surface area (Å²) < 4.78 is 6.37. The normalized spacial score (nSPS) is 16.2. The lowest BCUT2D eigenvalue weighted by atomic mass is 10.1. The molecule has 0 atom stereocenters. The number of anilines is 1. The highest BCUT2D eigenvalue weighted by Crippen LogP contribution is 2.37. The van der Waals surface area contributed by atoms with Gasteiger partial charge < -0.3 is 4.74 Å². The fourth-order valence-electron chi connectivity index (χ4n) is 2.49. The first-order valence-corrected chi connectivity index (χ1v) is 9.28. The van der Waals surface area contributed by atoms with E-state index in [2.05, 4.69) is 0 Å². The van der Waals surface area contributed by atoms with Crippen LogP contribution >= 0.6 is 24.0 Å². The van der Waals surface area contributed by atoms with Gasteiger partial charge in [-0.15, -0.1) is 0 Å². The lowest BCUT2D eigenvalue weighted by Crippen LogP contribution is -2.27. The van der Waals surface area contributed by atoms with Crippen molar-refractivity contribution in [1.29, 1.82) is 0 Å². The molecule has 0 radical (unpaired) electrons. The second-order valence-electron chi connectivity index (χ2n) is 6.06. The van der Waals surface area contributed by atoms with Crippen LogP contribution in [0.3, 0.4) is 0 Å². The Morgan fingerprint density at radius 2 is 1.80 bits per heavy atom. The van der Waals surface area contributed by atoms with Crippen LogP contribution in [0.1, 0.15) is 25.0 Å². The maximum Gasteiger partial charge on any atom is 0.270 e. The fourth-order valence-corrected chi connectivity index (χ4v) is 3.78. The van der Waals surface area contributed by atoms with E-state index in [4.69, 9.17) is 17.0 Å². The summed E-state index contributed by atoms with van der Waals surface area (Å²) in [6.07, 6.45) is 1.92. The predicted octanol–water partition coefficient (Wildman–Crippen LogP) is 5.19. The number of carbonyl (C=O) groups excluding carboxylic acids is 1. The number of carbonyl (C=O) groups is 1. The van der Waals surface area contributed by atoms with Crippen molar-refractivity contribution < 1.29 is 9.53 Å². The molecule has 0 aromatic heterocycles. The number of hydrogen-bond donors (Lipinski definition) is 0. The van der Waals surface area contributed by atoms with Gasteiger partial charge in [0, 0.05) is 5.56 Å². The van der Waals surface area contributed by atoms with Crippen molar-refractivity contribution in [3.05, 3.63) is 64.6 Å². The summed E-state index contributed by atoms with van der Waals surface area (Å²) in [6.45, 7) is 5.97. The Morgan fingerprint density at radius 1 is 1.12 bits per heavy atom. The lowest BCUT2D eigenvalue weighted by Gasteiger charge is -2.14. The van der Waals surface area contributed by atoms with E-state index in [1.807, 2.05) is 75.4 Å². The minimum Gasteiger partial charge on any atom is -0.490 e. The second-order valence-corrected chi connectivity index (χ2v) is 7.73. The molecule has 128 valence electrons. The van der Waals surface area contributed by atoms with E-state index in [0.717, 1.165) is 22.6 Å². The van der Waals surface area contributed by atoms with Crippen LogP contribution in [0, 0.1) is 6.92 Å². The number of thioether (sulfide) groups is 1. The van der Waals surface area contributed by atoms with Gasteiger partial charge in [-0.1, -0.05) is 59.9 Å². The van der Waals surface area contributed by atoms with Gasteiger partial charge in [-0.05, 0) is 45.0 Å². The van der Waals surface area contributed by atoms with Crippen LogP contribution in [0.15, 0.2) is 53.4 Å². The van der Waals surface area contributed by atoms with E-state index in [9.17, 15) is 4.79 Å². The highest BCUT2D eigenvalue weighted by Gasteiger charge is 2.33. The van der Waals surface area contributed by atoms with E-state index in [0.29, 0.717) is 9.23 Å². The molecule has 3 rings (SSSR count). The molecule has 0 N–H and O–H groups in total. The van der Waals surface area contributed by atoms with Gasteiger partial charge in [0.2, 0.25) is 0 Å². The first-order chi connectivity index (χ1) is 12.0. The molecule has 1 saturated heterocycles. The molecular weight excluding hydrogens is 350 g/mol. The van der Waals surface area contributed by atoms with Crippen molar-refractivity contribution in [3.8, 4) is 5.75 Å². The average molecular weight is 370 g/mol. The Hall–Kier alpha value is -2.11. The van der Waals surface area contributed by atoms with Crippen LogP contribution in [-0.2, 0) is 4.79 Å². The zero-order valence-electron chi connectivity index (χ0n) is 14.4. The molecule has 0 saturated carbocycles. The van der Waals surface area contributed by atoms with Crippen molar-refractivity contribution in [1.82, 2.24) is 0 Å². The fraction of sp³-hybridized carbons (Fsp3) is 0.200. The second kappa shape index (κ2) is 7.42. The Morgan fingerprint density at radius 3 is 2.48 bits per heavy atom. The van der Waals surface area contributed by atoms with E-state index < -0.39 is 0 Å². The van der Waals surface area contributed by atoms with Gasteiger partial charge in [0.1, 0.15) is 5.75 Å². The molecule has 1 aliphatic heterocycles. The third kappa shape index (κ3) is 3.94. The first-order valence-electron chi connectivity index (χ1n) is 8.06. The van der Waals surface area contributed by atoms with Crippen LogP contribution in [0.5, 0.6) is 5.75 Å². The number of benzene rings is 2. The number of rotatable bonds is 4. The maximum absolute atomic E-state index is 12.8. The largest absolute Gasteiger partial charge is 0.490 e. The smallest absolute Gasteiger partial charge is 0.270 e. The third-order valence-electron chi connectivity index (χ3n) is 3.65. The van der Waals surface area contributed by atoms with E-state index in [-0.39, 0.29) is 12.0 Å². The number of aryl methyl sites for hydroxylation is 1. The van der Waals surface area contributed by atoms with E-state index in [1.165, 1.54) is 11.8 Å². The minimum atomic E-state index is -0.0989. The topological polar surface area (TPSA) is 29.5 Å². The van der Waals surface area contributed by atoms with Gasteiger partial charge in [0.15, 0.2) is 4.32 Å². The highest BCUT2D eigenvalue weighted by molar-refractivity contribution is 8.27. The Balaban J connectivity index is 1.92. The summed E-state index contributed by atoms with van der Waals surface area (Å²) >= 11 is 6.74. The zero-order valence-corrected chi connectivity index (χ0v) is 16.0. The van der Waals surface area contributed by atoms with Crippen molar-refractivity contribution in [3.63, 3.8) is 0 Å². The molecule has 25 heavy (non-hydrogen) atoms. The van der Waals surface area contributed by atoms with Crippen LogP contribution in [-0.4, -0.2) is 16.3 Å². The summed E-state index contributed by atoms with van der Waals surface area (Å²) in [7, 11) is 0. The number of nitrogens with zero attached hydrogens (tertiary/aromatic N) is 1. The van der Waals surface area contributed by atoms with Gasteiger partial charge in [-0.3, -0.25) is 9.69 Å². The molecule has 5 heteroatoms.